The molecule has 1 unspecified atom stereocenters. The summed E-state index contributed by atoms with van der Waals surface area (Å²) in [5.74, 6) is 0.774. The number of nitrogens with one attached hydrogen (secondary N) is 1. The third-order valence-corrected chi connectivity index (χ3v) is 3.10. The van der Waals surface area contributed by atoms with E-state index in [1.165, 1.54) is 32.4 Å². The van der Waals surface area contributed by atoms with Crippen LogP contribution in [0.4, 0.5) is 0 Å². The van der Waals surface area contributed by atoms with E-state index in [4.69, 9.17) is 0 Å². The molecule has 0 aromatic carbocycles. The predicted octanol–water partition coefficient (Wildman–Crippen LogP) is 2.11. The number of rotatable bonds is 6. The Morgan fingerprint density at radius 1 is 1.43 bits per heavy atom. The highest BCUT2D eigenvalue weighted by molar-refractivity contribution is 4.78. The summed E-state index contributed by atoms with van der Waals surface area (Å²) in [5, 5.41) is 3.51. The lowest BCUT2D eigenvalue weighted by molar-refractivity contribution is 0.247. The van der Waals surface area contributed by atoms with Crippen LogP contribution in [0.15, 0.2) is 0 Å². The molecule has 0 aromatic rings. The Morgan fingerprint density at radius 3 is 2.86 bits per heavy atom. The Bertz CT molecular complexity index is 145. The molecule has 1 aliphatic heterocycles. The Balaban J connectivity index is 2.05. The molecule has 0 aromatic heterocycles. The maximum Gasteiger partial charge on any atom is 0.0110 e. The summed E-state index contributed by atoms with van der Waals surface area (Å²) in [4.78, 5) is 2.65. The Labute approximate surface area is 89.1 Å². The molecule has 1 N–H and O–H groups in total. The molecule has 0 radical (unpaired) electrons. The molecule has 1 fully saturated rings. The van der Waals surface area contributed by atoms with Crippen molar-refractivity contribution >= 4 is 0 Å². The minimum absolute atomic E-state index is 0.774. The first-order valence-electron chi connectivity index (χ1n) is 6.18. The van der Waals surface area contributed by atoms with Gasteiger partial charge >= 0.3 is 0 Å². The van der Waals surface area contributed by atoms with Crippen molar-refractivity contribution in [3.63, 3.8) is 0 Å². The quantitative estimate of drug-likeness (QED) is 0.658. The standard InChI is InChI=1S/C12H26N2/c1-4-12-6-5-8-14(12)9-7-13-10-11(2)3/h11-13H,4-10H2,1-3H3. The van der Waals surface area contributed by atoms with E-state index in [0.29, 0.717) is 0 Å². The van der Waals surface area contributed by atoms with Crippen LogP contribution < -0.4 is 5.32 Å². The fourth-order valence-electron chi connectivity index (χ4n) is 2.27. The molecule has 0 bridgehead atoms. The van der Waals surface area contributed by atoms with Crippen LogP contribution in [-0.4, -0.2) is 37.1 Å². The van der Waals surface area contributed by atoms with Crippen molar-refractivity contribution in [3.8, 4) is 0 Å². The summed E-state index contributed by atoms with van der Waals surface area (Å²) in [5.41, 5.74) is 0. The fourth-order valence-corrected chi connectivity index (χ4v) is 2.27. The highest BCUT2D eigenvalue weighted by Crippen LogP contribution is 2.18. The lowest BCUT2D eigenvalue weighted by Crippen LogP contribution is -2.36. The maximum atomic E-state index is 3.51. The monoisotopic (exact) mass is 198 g/mol. The Kier molecular flexibility index (Phi) is 5.49. The summed E-state index contributed by atoms with van der Waals surface area (Å²) in [6.07, 6.45) is 4.15. The molecule has 1 rings (SSSR count). The maximum absolute atomic E-state index is 3.51. The van der Waals surface area contributed by atoms with Gasteiger partial charge in [0.05, 0.1) is 0 Å². The van der Waals surface area contributed by atoms with Gasteiger partial charge in [0.1, 0.15) is 0 Å². The smallest absolute Gasteiger partial charge is 0.0110 e. The van der Waals surface area contributed by atoms with Gasteiger partial charge in [0.2, 0.25) is 0 Å². The van der Waals surface area contributed by atoms with Crippen LogP contribution in [0.1, 0.15) is 40.0 Å². The summed E-state index contributed by atoms with van der Waals surface area (Å²) in [6, 6.07) is 0.871. The molecule has 1 atom stereocenters. The van der Waals surface area contributed by atoms with E-state index in [1.54, 1.807) is 0 Å². The molecule has 1 aliphatic rings. The van der Waals surface area contributed by atoms with Gasteiger partial charge < -0.3 is 5.32 Å². The summed E-state index contributed by atoms with van der Waals surface area (Å²) in [7, 11) is 0. The van der Waals surface area contributed by atoms with Gasteiger partial charge in [0.25, 0.3) is 0 Å². The van der Waals surface area contributed by atoms with E-state index in [0.717, 1.165) is 25.0 Å². The second kappa shape index (κ2) is 6.41. The molecule has 2 nitrogen and oxygen atoms in total. The number of hydrogen-bond donors (Lipinski definition) is 1. The van der Waals surface area contributed by atoms with E-state index < -0.39 is 0 Å². The van der Waals surface area contributed by atoms with Crippen molar-refractivity contribution in [3.05, 3.63) is 0 Å². The first-order chi connectivity index (χ1) is 6.74. The summed E-state index contributed by atoms with van der Waals surface area (Å²) < 4.78 is 0. The van der Waals surface area contributed by atoms with Crippen LogP contribution in [0.25, 0.3) is 0 Å². The number of nitrogens with zero attached hydrogens (tertiary/aromatic N) is 1. The third kappa shape index (κ3) is 3.97. The normalized spacial score (nSPS) is 23.6. The van der Waals surface area contributed by atoms with Crippen molar-refractivity contribution in [1.82, 2.24) is 10.2 Å². The highest BCUT2D eigenvalue weighted by atomic mass is 15.2. The Morgan fingerprint density at radius 2 is 2.21 bits per heavy atom. The van der Waals surface area contributed by atoms with Gasteiger partial charge in [0.15, 0.2) is 0 Å². The molecule has 14 heavy (non-hydrogen) atoms. The van der Waals surface area contributed by atoms with Gasteiger partial charge in [-0.1, -0.05) is 20.8 Å². The van der Waals surface area contributed by atoms with Crippen LogP contribution in [0, 0.1) is 5.92 Å². The zero-order valence-corrected chi connectivity index (χ0v) is 10.1. The van der Waals surface area contributed by atoms with E-state index in [1.807, 2.05) is 0 Å². The van der Waals surface area contributed by atoms with Crippen molar-refractivity contribution in [2.75, 3.05) is 26.2 Å². The SMILES string of the molecule is CCC1CCCN1CCNCC(C)C. The van der Waals surface area contributed by atoms with Crippen LogP contribution in [-0.2, 0) is 0 Å². The van der Waals surface area contributed by atoms with Gasteiger partial charge in [-0.25, -0.2) is 0 Å². The van der Waals surface area contributed by atoms with Crippen molar-refractivity contribution in [2.24, 2.45) is 5.92 Å². The van der Waals surface area contributed by atoms with Crippen LogP contribution >= 0.6 is 0 Å². The zero-order valence-electron chi connectivity index (χ0n) is 10.1. The predicted molar refractivity (Wildman–Crippen MR) is 62.6 cm³/mol. The van der Waals surface area contributed by atoms with Crippen molar-refractivity contribution in [2.45, 2.75) is 46.1 Å². The zero-order chi connectivity index (χ0) is 10.4. The number of hydrogen-bond acceptors (Lipinski definition) is 2. The molecule has 0 saturated carbocycles. The largest absolute Gasteiger partial charge is 0.315 e. The molecule has 1 saturated heterocycles. The second-order valence-electron chi connectivity index (χ2n) is 4.84. The van der Waals surface area contributed by atoms with Gasteiger partial charge in [-0.05, 0) is 38.3 Å². The molecule has 1 heterocycles. The van der Waals surface area contributed by atoms with Crippen molar-refractivity contribution in [1.29, 1.82) is 0 Å². The molecule has 0 spiro atoms. The van der Waals surface area contributed by atoms with Crippen molar-refractivity contribution < 1.29 is 0 Å². The van der Waals surface area contributed by atoms with Crippen LogP contribution in [0.3, 0.4) is 0 Å². The minimum atomic E-state index is 0.774. The molecular formula is C12H26N2. The number of likely N-dealkylation sites (tertiary alicyclic amines) is 1. The lowest BCUT2D eigenvalue weighted by atomic mass is 10.2. The lowest BCUT2D eigenvalue weighted by Gasteiger charge is -2.23. The molecule has 0 amide bonds. The summed E-state index contributed by atoms with van der Waals surface area (Å²) >= 11 is 0. The van der Waals surface area contributed by atoms with Gasteiger partial charge in [-0.15, -0.1) is 0 Å². The molecule has 2 heteroatoms. The average Bonchev–Trinajstić information content (AvgIpc) is 2.59. The van der Waals surface area contributed by atoms with Gasteiger partial charge in [0, 0.05) is 19.1 Å². The van der Waals surface area contributed by atoms with Crippen LogP contribution in [0.5, 0.6) is 0 Å². The Hall–Kier alpha value is -0.0800. The summed E-state index contributed by atoms with van der Waals surface area (Å²) in [6.45, 7) is 11.7. The van der Waals surface area contributed by atoms with Gasteiger partial charge in [-0.2, -0.15) is 0 Å². The minimum Gasteiger partial charge on any atom is -0.315 e. The highest BCUT2D eigenvalue weighted by Gasteiger charge is 2.21. The molecular weight excluding hydrogens is 172 g/mol. The van der Waals surface area contributed by atoms with E-state index in [-0.39, 0.29) is 0 Å². The first kappa shape index (κ1) is 12.0. The topological polar surface area (TPSA) is 15.3 Å². The van der Waals surface area contributed by atoms with E-state index >= 15 is 0 Å². The van der Waals surface area contributed by atoms with E-state index in [9.17, 15) is 0 Å². The average molecular weight is 198 g/mol. The van der Waals surface area contributed by atoms with E-state index in [2.05, 4.69) is 31.0 Å². The first-order valence-corrected chi connectivity index (χ1v) is 6.18. The fraction of sp³-hybridized carbons (Fsp3) is 1.00. The van der Waals surface area contributed by atoms with Crippen LogP contribution in [0.2, 0.25) is 0 Å². The second-order valence-corrected chi connectivity index (χ2v) is 4.84. The molecule has 0 aliphatic carbocycles. The molecule has 84 valence electrons. The van der Waals surface area contributed by atoms with Gasteiger partial charge in [-0.3, -0.25) is 4.90 Å². The third-order valence-electron chi connectivity index (χ3n) is 3.10.